The van der Waals surface area contributed by atoms with Gasteiger partial charge in [0.25, 0.3) is 0 Å². The molecule has 0 saturated heterocycles. The molecule has 0 fully saturated rings. The van der Waals surface area contributed by atoms with Gasteiger partial charge in [-0.15, -0.1) is 0 Å². The Morgan fingerprint density at radius 3 is 3.00 bits per heavy atom. The minimum atomic E-state index is 0.649. The minimum Gasteiger partial charge on any atom is -0.198 e. The van der Waals surface area contributed by atoms with Gasteiger partial charge in [-0.3, -0.25) is 0 Å². The van der Waals surface area contributed by atoms with Crippen LogP contribution in [0.25, 0.3) is 0 Å². The van der Waals surface area contributed by atoms with Gasteiger partial charge in [0.1, 0.15) is 0 Å². The third-order valence-electron chi connectivity index (χ3n) is 1.60. The number of nitrogens with zero attached hydrogens (tertiary/aromatic N) is 1. The topological polar surface area (TPSA) is 23.8 Å². The Morgan fingerprint density at radius 2 is 2.40 bits per heavy atom. The van der Waals surface area contributed by atoms with E-state index in [1.165, 1.54) is 5.57 Å². The fourth-order valence-corrected chi connectivity index (χ4v) is 1.05. The molecule has 0 N–H and O–H groups in total. The van der Waals surface area contributed by atoms with Gasteiger partial charge >= 0.3 is 0 Å². The Labute approximate surface area is 61.7 Å². The third kappa shape index (κ3) is 2.06. The molecule has 0 aromatic rings. The standard InChI is InChI=1S/C9H11N/c10-8-4-7-9-5-2-1-3-6-9/h2,5-6H,1,3-4,7H2. The van der Waals surface area contributed by atoms with Crippen LogP contribution in [0.4, 0.5) is 0 Å². The number of hydrogen-bond donors (Lipinski definition) is 0. The first-order chi connectivity index (χ1) is 4.93. The second-order valence-electron chi connectivity index (χ2n) is 2.42. The SMILES string of the molecule is N#CCCC1=CCCC=C1. The highest BCUT2D eigenvalue weighted by Crippen LogP contribution is 2.13. The van der Waals surface area contributed by atoms with Crippen LogP contribution in [-0.4, -0.2) is 0 Å². The summed E-state index contributed by atoms with van der Waals surface area (Å²) >= 11 is 0. The molecule has 0 unspecified atom stereocenters. The number of allylic oxidation sites excluding steroid dienone is 4. The molecule has 0 atom stereocenters. The summed E-state index contributed by atoms with van der Waals surface area (Å²) in [4.78, 5) is 0. The first-order valence-electron chi connectivity index (χ1n) is 3.66. The van der Waals surface area contributed by atoms with Gasteiger partial charge in [-0.2, -0.15) is 5.26 Å². The molecule has 52 valence electrons. The Bertz CT molecular complexity index is 193. The van der Waals surface area contributed by atoms with Crippen molar-refractivity contribution >= 4 is 0 Å². The monoisotopic (exact) mass is 133 g/mol. The summed E-state index contributed by atoms with van der Waals surface area (Å²) in [7, 11) is 0. The predicted octanol–water partition coefficient (Wildman–Crippen LogP) is 2.57. The lowest BCUT2D eigenvalue weighted by atomic mass is 10.0. The second kappa shape index (κ2) is 3.90. The van der Waals surface area contributed by atoms with Gasteiger partial charge in [0, 0.05) is 6.42 Å². The summed E-state index contributed by atoms with van der Waals surface area (Å²) in [5.41, 5.74) is 1.33. The number of nitriles is 1. The van der Waals surface area contributed by atoms with Crippen LogP contribution in [-0.2, 0) is 0 Å². The molecule has 1 rings (SSSR count). The molecule has 0 aromatic heterocycles. The lowest BCUT2D eigenvalue weighted by Gasteiger charge is -2.02. The zero-order chi connectivity index (χ0) is 7.23. The Hall–Kier alpha value is -1.03. The van der Waals surface area contributed by atoms with Crippen molar-refractivity contribution in [2.75, 3.05) is 0 Å². The van der Waals surface area contributed by atoms with Crippen molar-refractivity contribution in [2.24, 2.45) is 0 Å². The minimum absolute atomic E-state index is 0.649. The molecule has 0 heterocycles. The van der Waals surface area contributed by atoms with E-state index in [0.29, 0.717) is 6.42 Å². The highest BCUT2D eigenvalue weighted by molar-refractivity contribution is 5.22. The Kier molecular flexibility index (Phi) is 2.76. The van der Waals surface area contributed by atoms with Crippen LogP contribution in [0.1, 0.15) is 25.7 Å². The summed E-state index contributed by atoms with van der Waals surface area (Å²) < 4.78 is 0. The van der Waals surface area contributed by atoms with Crippen LogP contribution in [0.15, 0.2) is 23.8 Å². The van der Waals surface area contributed by atoms with Crippen LogP contribution in [0.5, 0.6) is 0 Å². The molecule has 0 aliphatic heterocycles. The van der Waals surface area contributed by atoms with Crippen LogP contribution in [0, 0.1) is 11.3 Å². The Morgan fingerprint density at radius 1 is 1.50 bits per heavy atom. The second-order valence-corrected chi connectivity index (χ2v) is 2.42. The van der Waals surface area contributed by atoms with Gasteiger partial charge in [-0.25, -0.2) is 0 Å². The van der Waals surface area contributed by atoms with Crippen molar-refractivity contribution in [1.82, 2.24) is 0 Å². The Balaban J connectivity index is 2.34. The molecule has 0 aromatic carbocycles. The van der Waals surface area contributed by atoms with Crippen molar-refractivity contribution in [1.29, 1.82) is 5.26 Å². The van der Waals surface area contributed by atoms with E-state index in [2.05, 4.69) is 24.3 Å². The molecule has 0 bridgehead atoms. The molecule has 0 amide bonds. The molecule has 0 radical (unpaired) electrons. The molecule has 1 heteroatoms. The highest BCUT2D eigenvalue weighted by atomic mass is 14.2. The first-order valence-corrected chi connectivity index (χ1v) is 3.66. The van der Waals surface area contributed by atoms with Crippen molar-refractivity contribution in [2.45, 2.75) is 25.7 Å². The molecule has 0 saturated carbocycles. The largest absolute Gasteiger partial charge is 0.198 e. The van der Waals surface area contributed by atoms with Gasteiger partial charge in [0.15, 0.2) is 0 Å². The highest BCUT2D eigenvalue weighted by Gasteiger charge is 1.95. The summed E-state index contributed by atoms with van der Waals surface area (Å²) in [6.07, 6.45) is 10.4. The lowest BCUT2D eigenvalue weighted by molar-refractivity contribution is 0.947. The van der Waals surface area contributed by atoms with E-state index < -0.39 is 0 Å². The fraction of sp³-hybridized carbons (Fsp3) is 0.444. The summed E-state index contributed by atoms with van der Waals surface area (Å²) in [6, 6.07) is 2.14. The van der Waals surface area contributed by atoms with E-state index in [-0.39, 0.29) is 0 Å². The van der Waals surface area contributed by atoms with E-state index in [0.717, 1.165) is 19.3 Å². The van der Waals surface area contributed by atoms with E-state index in [1.54, 1.807) is 0 Å². The maximum Gasteiger partial charge on any atom is 0.0625 e. The molecule has 1 aliphatic carbocycles. The number of hydrogen-bond acceptors (Lipinski definition) is 1. The van der Waals surface area contributed by atoms with Gasteiger partial charge < -0.3 is 0 Å². The van der Waals surface area contributed by atoms with Gasteiger partial charge in [0.05, 0.1) is 6.07 Å². The van der Waals surface area contributed by atoms with E-state index in [9.17, 15) is 0 Å². The fourth-order valence-electron chi connectivity index (χ4n) is 1.05. The van der Waals surface area contributed by atoms with Crippen LogP contribution < -0.4 is 0 Å². The molecular weight excluding hydrogens is 122 g/mol. The maximum absolute atomic E-state index is 8.30. The zero-order valence-corrected chi connectivity index (χ0v) is 6.01. The van der Waals surface area contributed by atoms with Gasteiger partial charge in [-0.05, 0) is 19.3 Å². The van der Waals surface area contributed by atoms with Gasteiger partial charge in [-0.1, -0.05) is 23.8 Å². The lowest BCUT2D eigenvalue weighted by Crippen LogP contribution is -1.83. The molecule has 1 aliphatic rings. The van der Waals surface area contributed by atoms with Crippen molar-refractivity contribution in [3.63, 3.8) is 0 Å². The number of rotatable bonds is 2. The van der Waals surface area contributed by atoms with E-state index in [1.807, 2.05) is 0 Å². The molecule has 0 spiro atoms. The van der Waals surface area contributed by atoms with Gasteiger partial charge in [0.2, 0.25) is 0 Å². The summed E-state index contributed by atoms with van der Waals surface area (Å²) in [5.74, 6) is 0. The maximum atomic E-state index is 8.30. The molecule has 10 heavy (non-hydrogen) atoms. The van der Waals surface area contributed by atoms with Crippen molar-refractivity contribution in [3.05, 3.63) is 23.8 Å². The zero-order valence-electron chi connectivity index (χ0n) is 6.01. The third-order valence-corrected chi connectivity index (χ3v) is 1.60. The van der Waals surface area contributed by atoms with Crippen molar-refractivity contribution in [3.8, 4) is 6.07 Å². The average Bonchev–Trinajstić information content (AvgIpc) is 2.03. The quantitative estimate of drug-likeness (QED) is 0.568. The first kappa shape index (κ1) is 7.08. The van der Waals surface area contributed by atoms with Crippen molar-refractivity contribution < 1.29 is 0 Å². The molecule has 1 nitrogen and oxygen atoms in total. The van der Waals surface area contributed by atoms with Crippen LogP contribution in [0.2, 0.25) is 0 Å². The smallest absolute Gasteiger partial charge is 0.0625 e. The van der Waals surface area contributed by atoms with Crippen LogP contribution >= 0.6 is 0 Å². The van der Waals surface area contributed by atoms with E-state index >= 15 is 0 Å². The summed E-state index contributed by atoms with van der Waals surface area (Å²) in [5, 5.41) is 8.30. The average molecular weight is 133 g/mol. The summed E-state index contributed by atoms with van der Waals surface area (Å²) in [6.45, 7) is 0. The van der Waals surface area contributed by atoms with E-state index in [4.69, 9.17) is 5.26 Å². The normalized spacial score (nSPS) is 16.1. The predicted molar refractivity (Wildman–Crippen MR) is 41.3 cm³/mol. The van der Waals surface area contributed by atoms with Crippen LogP contribution in [0.3, 0.4) is 0 Å². The molecular formula is C9H11N.